The topological polar surface area (TPSA) is 21.6 Å². The van der Waals surface area contributed by atoms with E-state index in [4.69, 9.17) is 4.74 Å². The molecule has 1 saturated heterocycles. The van der Waals surface area contributed by atoms with Gasteiger partial charge in [0.25, 0.3) is 0 Å². The van der Waals surface area contributed by atoms with Crippen LogP contribution >= 0.6 is 0 Å². The lowest BCUT2D eigenvalue weighted by Crippen LogP contribution is -2.34. The lowest BCUT2D eigenvalue weighted by atomic mass is 9.96. The van der Waals surface area contributed by atoms with E-state index >= 15 is 0 Å². The lowest BCUT2D eigenvalue weighted by Gasteiger charge is -2.26. The lowest BCUT2D eigenvalue weighted by molar-refractivity contribution is 0.0765. The number of ether oxygens (including phenoxy) is 1. The molecule has 0 amide bonds. The van der Waals surface area contributed by atoms with Crippen molar-refractivity contribution in [2.45, 2.75) is 58.6 Å². The first-order chi connectivity index (χ1) is 5.83. The largest absolute Gasteiger partial charge is 0.369 e. The molecule has 0 aliphatic carbocycles. The van der Waals surface area contributed by atoms with Crippen LogP contribution in [-0.4, -0.2) is 23.5 Å². The fourth-order valence-corrected chi connectivity index (χ4v) is 1.69. The van der Waals surface area contributed by atoms with Gasteiger partial charge < -0.3 is 4.74 Å². The van der Waals surface area contributed by atoms with Gasteiger partial charge >= 0.3 is 0 Å². The smallest absolute Gasteiger partial charge is 0.103 e. The predicted octanol–water partition coefficient (Wildman–Crippen LogP) is 2.81. The minimum absolute atomic E-state index is 0.0129. The molecule has 0 aromatic carbocycles. The van der Waals surface area contributed by atoms with E-state index in [1.165, 1.54) is 0 Å². The molecule has 0 aromatic rings. The Balaban J connectivity index is 2.76. The molecule has 1 aliphatic rings. The van der Waals surface area contributed by atoms with Gasteiger partial charge in [0.05, 0.1) is 5.54 Å². The van der Waals surface area contributed by atoms with Gasteiger partial charge in [-0.1, -0.05) is 0 Å². The normalized spacial score (nSPS) is 31.0. The maximum atomic E-state index is 5.72. The molecule has 13 heavy (non-hydrogen) atoms. The predicted molar refractivity (Wildman–Crippen MR) is 56.5 cm³/mol. The van der Waals surface area contributed by atoms with E-state index in [1.807, 2.05) is 0 Å². The zero-order valence-corrected chi connectivity index (χ0v) is 9.48. The summed E-state index contributed by atoms with van der Waals surface area (Å²) >= 11 is 0. The molecule has 1 aliphatic heterocycles. The van der Waals surface area contributed by atoms with Crippen LogP contribution in [0.1, 0.15) is 47.5 Å². The van der Waals surface area contributed by atoms with Crippen LogP contribution in [0, 0.1) is 0 Å². The Labute approximate surface area is 81.4 Å². The van der Waals surface area contributed by atoms with Crippen LogP contribution in [0.25, 0.3) is 0 Å². The number of hydrogen-bond acceptors (Lipinski definition) is 2. The van der Waals surface area contributed by atoms with Gasteiger partial charge in [-0.25, -0.2) is 0 Å². The SMILES string of the molecule is CC(=NC(C)(C)C)C1(C)CCCO1. The highest BCUT2D eigenvalue weighted by Gasteiger charge is 2.33. The highest BCUT2D eigenvalue weighted by atomic mass is 16.5. The van der Waals surface area contributed by atoms with Crippen LogP contribution in [0.15, 0.2) is 4.99 Å². The van der Waals surface area contributed by atoms with E-state index in [9.17, 15) is 0 Å². The summed E-state index contributed by atoms with van der Waals surface area (Å²) in [5.41, 5.74) is 1.06. The summed E-state index contributed by atoms with van der Waals surface area (Å²) in [6.45, 7) is 11.5. The van der Waals surface area contributed by atoms with Gasteiger partial charge in [-0.2, -0.15) is 0 Å². The molecule has 1 atom stereocenters. The van der Waals surface area contributed by atoms with Crippen LogP contribution in [-0.2, 0) is 4.74 Å². The third-order valence-electron chi connectivity index (χ3n) is 2.49. The van der Waals surface area contributed by atoms with Crippen molar-refractivity contribution < 1.29 is 4.74 Å². The molecule has 0 radical (unpaired) electrons. The van der Waals surface area contributed by atoms with Crippen LogP contribution in [0.3, 0.4) is 0 Å². The molecule has 76 valence electrons. The highest BCUT2D eigenvalue weighted by Crippen LogP contribution is 2.27. The summed E-state index contributed by atoms with van der Waals surface area (Å²) in [6.07, 6.45) is 2.27. The molecule has 0 spiro atoms. The molecule has 1 rings (SSSR count). The molecule has 2 nitrogen and oxygen atoms in total. The van der Waals surface area contributed by atoms with E-state index in [-0.39, 0.29) is 11.1 Å². The van der Waals surface area contributed by atoms with Crippen molar-refractivity contribution in [1.82, 2.24) is 0 Å². The maximum absolute atomic E-state index is 5.72. The highest BCUT2D eigenvalue weighted by molar-refractivity contribution is 5.90. The fraction of sp³-hybridized carbons (Fsp3) is 0.909. The van der Waals surface area contributed by atoms with E-state index in [0.717, 1.165) is 25.2 Å². The second kappa shape index (κ2) is 3.41. The Morgan fingerprint density at radius 1 is 1.38 bits per heavy atom. The van der Waals surface area contributed by atoms with Gasteiger partial charge in [-0.05, 0) is 47.5 Å². The van der Waals surface area contributed by atoms with E-state index < -0.39 is 0 Å². The molecule has 0 bridgehead atoms. The summed E-state index contributed by atoms with van der Waals surface area (Å²) in [7, 11) is 0. The zero-order chi connectivity index (χ0) is 10.1. The molecule has 1 heterocycles. The zero-order valence-electron chi connectivity index (χ0n) is 9.48. The molecular weight excluding hydrogens is 162 g/mol. The third-order valence-corrected chi connectivity index (χ3v) is 2.49. The monoisotopic (exact) mass is 183 g/mol. The standard InChI is InChI=1S/C11H21NO/c1-9(12-10(2,3)4)11(5)7-6-8-13-11/h6-8H2,1-5H3. The summed E-state index contributed by atoms with van der Waals surface area (Å²) in [4.78, 5) is 4.65. The van der Waals surface area contributed by atoms with Crippen molar-refractivity contribution in [3.05, 3.63) is 0 Å². The van der Waals surface area contributed by atoms with Crippen molar-refractivity contribution in [3.63, 3.8) is 0 Å². The number of nitrogens with zero attached hydrogens (tertiary/aromatic N) is 1. The van der Waals surface area contributed by atoms with Crippen molar-refractivity contribution in [2.24, 2.45) is 4.99 Å². The van der Waals surface area contributed by atoms with E-state index in [0.29, 0.717) is 0 Å². The van der Waals surface area contributed by atoms with E-state index in [2.05, 4.69) is 39.6 Å². The van der Waals surface area contributed by atoms with Crippen molar-refractivity contribution in [1.29, 1.82) is 0 Å². The molecule has 0 aromatic heterocycles. The van der Waals surface area contributed by atoms with Crippen molar-refractivity contribution in [3.8, 4) is 0 Å². The molecule has 0 N–H and O–H groups in total. The second-order valence-electron chi connectivity index (χ2n) is 5.05. The Hall–Kier alpha value is -0.370. The van der Waals surface area contributed by atoms with Gasteiger partial charge in [0.15, 0.2) is 0 Å². The summed E-state index contributed by atoms with van der Waals surface area (Å²) in [5.74, 6) is 0. The van der Waals surface area contributed by atoms with Crippen LogP contribution in [0.5, 0.6) is 0 Å². The number of rotatable bonds is 1. The third kappa shape index (κ3) is 2.80. The minimum Gasteiger partial charge on any atom is -0.369 e. The van der Waals surface area contributed by atoms with Gasteiger partial charge in [-0.15, -0.1) is 0 Å². The Bertz CT molecular complexity index is 207. The van der Waals surface area contributed by atoms with Gasteiger partial charge in [0.2, 0.25) is 0 Å². The van der Waals surface area contributed by atoms with Crippen LogP contribution < -0.4 is 0 Å². The Morgan fingerprint density at radius 3 is 2.38 bits per heavy atom. The van der Waals surface area contributed by atoms with Gasteiger partial charge in [0.1, 0.15) is 5.60 Å². The molecule has 1 unspecified atom stereocenters. The summed E-state index contributed by atoms with van der Waals surface area (Å²) < 4.78 is 5.72. The van der Waals surface area contributed by atoms with Crippen molar-refractivity contribution in [2.75, 3.05) is 6.61 Å². The van der Waals surface area contributed by atoms with E-state index in [1.54, 1.807) is 0 Å². The average molecular weight is 183 g/mol. The maximum Gasteiger partial charge on any atom is 0.103 e. The average Bonchev–Trinajstić information content (AvgIpc) is 2.33. The number of hydrogen-bond donors (Lipinski definition) is 0. The molecule has 1 fully saturated rings. The Kier molecular flexibility index (Phi) is 2.81. The first kappa shape index (κ1) is 10.7. The minimum atomic E-state index is -0.0900. The van der Waals surface area contributed by atoms with Crippen LogP contribution in [0.4, 0.5) is 0 Å². The van der Waals surface area contributed by atoms with Crippen molar-refractivity contribution >= 4 is 5.71 Å². The van der Waals surface area contributed by atoms with Gasteiger partial charge in [-0.3, -0.25) is 4.99 Å². The quantitative estimate of drug-likeness (QED) is 0.573. The van der Waals surface area contributed by atoms with Crippen LogP contribution in [0.2, 0.25) is 0 Å². The molecule has 0 saturated carbocycles. The summed E-state index contributed by atoms with van der Waals surface area (Å²) in [6, 6.07) is 0. The molecular formula is C11H21NO. The fourth-order valence-electron chi connectivity index (χ4n) is 1.69. The first-order valence-corrected chi connectivity index (χ1v) is 5.04. The second-order valence-corrected chi connectivity index (χ2v) is 5.05. The number of aliphatic imine (C=N–C) groups is 1. The summed E-state index contributed by atoms with van der Waals surface area (Å²) in [5, 5.41) is 0. The molecule has 2 heteroatoms. The van der Waals surface area contributed by atoms with Gasteiger partial charge in [0, 0.05) is 12.3 Å². The first-order valence-electron chi connectivity index (χ1n) is 5.04. The Morgan fingerprint density at radius 2 is 2.00 bits per heavy atom.